The summed E-state index contributed by atoms with van der Waals surface area (Å²) in [5.41, 5.74) is 0.642. The van der Waals surface area contributed by atoms with E-state index in [4.69, 9.17) is 4.74 Å². The van der Waals surface area contributed by atoms with E-state index in [1.54, 1.807) is 0 Å². The Morgan fingerprint density at radius 2 is 2.20 bits per heavy atom. The van der Waals surface area contributed by atoms with Crippen LogP contribution < -0.4 is 25.0 Å². The minimum absolute atomic E-state index is 0.0138. The second kappa shape index (κ2) is 4.46. The summed E-state index contributed by atoms with van der Waals surface area (Å²) in [6.45, 7) is 4.35. The molecular weight excluding hydrogens is 480 g/mol. The normalized spacial score (nSPS) is 47.0. The molecule has 4 rings (SSSR count). The van der Waals surface area contributed by atoms with Crippen molar-refractivity contribution < 1.29 is 31.0 Å². The molecule has 2 bridgehead atoms. The molecule has 4 fully saturated rings. The molecule has 114 valence electrons. The van der Waals surface area contributed by atoms with Gasteiger partial charge in [0.2, 0.25) is 0 Å². The summed E-state index contributed by atoms with van der Waals surface area (Å²) in [7, 11) is 0. The zero-order chi connectivity index (χ0) is 14.2. The minimum atomic E-state index is -0.290. The van der Waals surface area contributed by atoms with E-state index in [-0.39, 0.29) is 42.4 Å². The molecule has 1 spiro atoms. The van der Waals surface area contributed by atoms with Crippen LogP contribution in [0.2, 0.25) is 0 Å². The summed E-state index contributed by atoms with van der Waals surface area (Å²) in [5, 5.41) is 0. The first-order chi connectivity index (χ1) is 9.38. The number of rotatable bonds is 4. The molecule has 1 N–H and O–H groups in total. The van der Waals surface area contributed by atoms with E-state index in [1.165, 1.54) is 38.5 Å². The molecule has 0 radical (unpaired) electrons. The molecule has 4 aliphatic rings. The van der Waals surface area contributed by atoms with Gasteiger partial charge in [-0.05, 0) is 0 Å². The van der Waals surface area contributed by atoms with Crippen LogP contribution in [0.25, 0.3) is 0 Å². The van der Waals surface area contributed by atoms with Gasteiger partial charge in [-0.1, -0.05) is 0 Å². The van der Waals surface area contributed by atoms with Crippen LogP contribution in [0.1, 0.15) is 52.4 Å². The number of fused-ring (bicyclic) bond motifs is 1. The van der Waals surface area contributed by atoms with E-state index >= 15 is 0 Å². The number of hydrogen-bond donors (Lipinski definition) is 1. The van der Waals surface area contributed by atoms with E-state index < -0.39 is 0 Å². The second-order valence-electron chi connectivity index (χ2n) is 7.73. The first kappa shape index (κ1) is 14.5. The van der Waals surface area contributed by atoms with Gasteiger partial charge < -0.3 is 0 Å². The van der Waals surface area contributed by atoms with Crippen molar-refractivity contribution in [3.8, 4) is 0 Å². The van der Waals surface area contributed by atoms with Crippen LogP contribution in [-0.2, 0) is 9.53 Å². The molecule has 3 nitrogen and oxygen atoms in total. The third-order valence-electron chi connectivity index (χ3n) is 6.37. The van der Waals surface area contributed by atoms with Gasteiger partial charge in [0.05, 0.1) is 0 Å². The van der Waals surface area contributed by atoms with Gasteiger partial charge in [0.25, 0.3) is 0 Å². The zero-order valence-corrected chi connectivity index (χ0v) is 16.4. The van der Waals surface area contributed by atoms with Crippen LogP contribution >= 0.6 is 22.6 Å². The number of nitrogens with one attached hydrogen (secondary N) is 1. The number of halogens is 2. The number of esters is 1. The predicted octanol–water partition coefficient (Wildman–Crippen LogP) is 0.0155. The number of carbonyl (C=O) groups is 1. The Hall–Kier alpha value is 0.890. The van der Waals surface area contributed by atoms with Gasteiger partial charge in [-0.3, -0.25) is 0 Å². The van der Waals surface area contributed by atoms with Gasteiger partial charge in [0.1, 0.15) is 0 Å². The Morgan fingerprint density at radius 3 is 2.90 bits per heavy atom. The van der Waals surface area contributed by atoms with Crippen molar-refractivity contribution in [1.29, 1.82) is 0 Å². The predicted molar refractivity (Wildman–Crippen MR) is 81.0 cm³/mol. The van der Waals surface area contributed by atoms with Crippen LogP contribution in [0.3, 0.4) is 0 Å². The average Bonchev–Trinajstić information content (AvgIpc) is 3.27. The van der Waals surface area contributed by atoms with Crippen LogP contribution in [-0.4, -0.2) is 19.5 Å². The Kier molecular flexibility index (Phi) is 3.23. The molecule has 5 unspecified atom stereocenters. The third kappa shape index (κ3) is 2.08. The van der Waals surface area contributed by atoms with Gasteiger partial charge in [-0.2, -0.15) is 0 Å². The Labute approximate surface area is 145 Å². The molecule has 0 aromatic rings. The Bertz CT molecular complexity index is 465. The van der Waals surface area contributed by atoms with E-state index in [0.29, 0.717) is 9.46 Å². The van der Waals surface area contributed by atoms with Crippen molar-refractivity contribution >= 4 is 28.6 Å². The number of alkyl halides is 2. The Morgan fingerprint density at radius 1 is 1.45 bits per heavy atom. The second-order valence-corrected chi connectivity index (χ2v) is 11.7. The first-order valence-corrected chi connectivity index (χ1v) is 11.2. The number of hydrogen-bond acceptors (Lipinski definition) is 3. The van der Waals surface area contributed by atoms with E-state index in [9.17, 15) is 4.79 Å². The number of carbonyl (C=O) groups excluding carboxylic acids is 1. The summed E-state index contributed by atoms with van der Waals surface area (Å²) in [6.07, 6.45) is 8.07. The number of ether oxygens (including phenoxy) is 1. The van der Waals surface area contributed by atoms with Crippen LogP contribution in [0.4, 0.5) is 0 Å². The standard InChI is InChI=1S/C15H22I2NO2/c1-13(2,20-12(19)10(16)11-17-18-11)15-5-3-4-14(8-15)6-9(14)7-15/h9-11,18H,3-8H2,1-2H3/q-1. The van der Waals surface area contributed by atoms with Gasteiger partial charge >= 0.3 is 146 Å². The van der Waals surface area contributed by atoms with Gasteiger partial charge in [-0.15, -0.1) is 0 Å². The van der Waals surface area contributed by atoms with Crippen molar-refractivity contribution in [2.75, 3.05) is 0 Å². The summed E-state index contributed by atoms with van der Waals surface area (Å²) in [4.78, 5) is 12.4. The fraction of sp³-hybridized carbons (Fsp3) is 0.933. The molecule has 3 aliphatic carbocycles. The maximum absolute atomic E-state index is 12.4. The van der Waals surface area contributed by atoms with Crippen LogP contribution in [0.5, 0.6) is 0 Å². The molecule has 5 heteroatoms. The van der Waals surface area contributed by atoms with E-state index in [1.807, 2.05) is 0 Å². The zero-order valence-electron chi connectivity index (χ0n) is 12.0. The summed E-state index contributed by atoms with van der Waals surface area (Å²) < 4.78 is 9.85. The maximum atomic E-state index is 12.4. The SMILES string of the molecule is CC(C)(OC(=O)C(I)C1N[I-]1)C12CCCC3(CC3C1)C2. The molecular formula is C15H22I2NO2-. The van der Waals surface area contributed by atoms with Crippen molar-refractivity contribution in [3.63, 3.8) is 0 Å². The Balaban J connectivity index is 1.50. The summed E-state index contributed by atoms with van der Waals surface area (Å²) in [5.74, 6) is 0.953. The molecule has 3 saturated carbocycles. The van der Waals surface area contributed by atoms with Crippen molar-refractivity contribution in [1.82, 2.24) is 3.53 Å². The molecule has 1 heterocycles. The van der Waals surface area contributed by atoms with Crippen molar-refractivity contribution in [3.05, 3.63) is 0 Å². The van der Waals surface area contributed by atoms with Crippen LogP contribution in [0.15, 0.2) is 0 Å². The third-order valence-corrected chi connectivity index (χ3v) is 11.0. The average molecular weight is 502 g/mol. The van der Waals surface area contributed by atoms with Gasteiger partial charge in [0.15, 0.2) is 0 Å². The molecule has 20 heavy (non-hydrogen) atoms. The molecule has 0 aromatic carbocycles. The topological polar surface area (TPSA) is 48.2 Å². The van der Waals surface area contributed by atoms with Gasteiger partial charge in [-0.25, -0.2) is 0 Å². The van der Waals surface area contributed by atoms with Crippen molar-refractivity contribution in [2.24, 2.45) is 16.7 Å². The molecule has 0 amide bonds. The van der Waals surface area contributed by atoms with Crippen LogP contribution in [0, 0.1) is 16.7 Å². The first-order valence-electron chi connectivity index (χ1n) is 7.62. The molecule has 5 atom stereocenters. The monoisotopic (exact) mass is 502 g/mol. The summed E-state index contributed by atoms with van der Waals surface area (Å²) in [6, 6.07) is 0. The fourth-order valence-corrected chi connectivity index (χ4v) is 8.04. The van der Waals surface area contributed by atoms with Crippen molar-refractivity contribution in [2.45, 2.75) is 65.9 Å². The quantitative estimate of drug-likeness (QED) is 0.147. The van der Waals surface area contributed by atoms with E-state index in [0.717, 1.165) is 5.92 Å². The van der Waals surface area contributed by atoms with E-state index in [2.05, 4.69) is 40.0 Å². The molecule has 1 aliphatic heterocycles. The summed E-state index contributed by atoms with van der Waals surface area (Å²) >= 11 is 2.33. The molecule has 1 saturated heterocycles. The van der Waals surface area contributed by atoms with Gasteiger partial charge in [0, 0.05) is 0 Å². The molecule has 0 aromatic heterocycles. The fourth-order valence-electron chi connectivity index (χ4n) is 4.96.